The van der Waals surface area contributed by atoms with E-state index in [1.54, 1.807) is 12.3 Å². The van der Waals surface area contributed by atoms with Crippen molar-refractivity contribution in [2.24, 2.45) is 5.92 Å². The molecule has 4 heterocycles. The van der Waals surface area contributed by atoms with Gasteiger partial charge in [0.2, 0.25) is 5.88 Å². The maximum absolute atomic E-state index is 11.2. The molecule has 3 aromatic rings. The van der Waals surface area contributed by atoms with Crippen LogP contribution >= 0.6 is 23.2 Å². The van der Waals surface area contributed by atoms with Gasteiger partial charge >= 0.3 is 6.09 Å². The van der Waals surface area contributed by atoms with E-state index in [-0.39, 0.29) is 6.61 Å². The van der Waals surface area contributed by atoms with Gasteiger partial charge in [0, 0.05) is 61.0 Å². The van der Waals surface area contributed by atoms with Crippen LogP contribution < -0.4 is 9.64 Å². The van der Waals surface area contributed by atoms with Crippen LogP contribution in [0.25, 0.3) is 11.3 Å². The Kier molecular flexibility index (Phi) is 8.72. The molecule has 2 saturated heterocycles. The fourth-order valence-corrected chi connectivity index (χ4v) is 5.53. The molecular formula is C28H31Cl2N5O4. The number of nitrogens with zero attached hydrogens (tertiary/aromatic N) is 5. The summed E-state index contributed by atoms with van der Waals surface area (Å²) < 4.78 is 6.16. The number of carbonyl (C=O) groups is 1. The van der Waals surface area contributed by atoms with Crippen LogP contribution in [0.5, 0.6) is 11.6 Å². The van der Waals surface area contributed by atoms with Crippen molar-refractivity contribution in [1.29, 1.82) is 0 Å². The van der Waals surface area contributed by atoms with Crippen molar-refractivity contribution < 1.29 is 19.7 Å². The van der Waals surface area contributed by atoms with E-state index in [4.69, 9.17) is 38.0 Å². The molecule has 2 N–H and O–H groups in total. The number of ether oxygens (including phenoxy) is 1. The number of likely N-dealkylation sites (tertiary alicyclic amines) is 1. The molecule has 1 aromatic carbocycles. The number of aliphatic hydroxyl groups excluding tert-OH is 1. The predicted octanol–water partition coefficient (Wildman–Crippen LogP) is 5.25. The van der Waals surface area contributed by atoms with Gasteiger partial charge in [0.15, 0.2) is 0 Å². The largest absolute Gasteiger partial charge is 0.465 e. The molecule has 9 nitrogen and oxygen atoms in total. The lowest BCUT2D eigenvalue weighted by molar-refractivity contribution is 0.127. The number of amides is 1. The van der Waals surface area contributed by atoms with Crippen LogP contribution in [0.1, 0.15) is 18.4 Å². The highest BCUT2D eigenvalue weighted by atomic mass is 35.5. The van der Waals surface area contributed by atoms with Crippen molar-refractivity contribution in [2.75, 3.05) is 50.8 Å². The van der Waals surface area contributed by atoms with E-state index in [0.717, 1.165) is 49.4 Å². The van der Waals surface area contributed by atoms with E-state index in [0.29, 0.717) is 59.5 Å². The predicted molar refractivity (Wildman–Crippen MR) is 151 cm³/mol. The quantitative estimate of drug-likeness (QED) is 0.396. The summed E-state index contributed by atoms with van der Waals surface area (Å²) in [6.45, 7) is 4.89. The van der Waals surface area contributed by atoms with E-state index in [1.165, 1.54) is 4.90 Å². The summed E-state index contributed by atoms with van der Waals surface area (Å²) in [6.07, 6.45) is 2.72. The number of piperidine rings is 1. The van der Waals surface area contributed by atoms with Gasteiger partial charge < -0.3 is 24.7 Å². The van der Waals surface area contributed by atoms with E-state index in [2.05, 4.69) is 14.8 Å². The van der Waals surface area contributed by atoms with Gasteiger partial charge in [-0.3, -0.25) is 4.90 Å². The van der Waals surface area contributed by atoms with Crippen molar-refractivity contribution in [1.82, 2.24) is 19.8 Å². The molecule has 0 bridgehead atoms. The Bertz CT molecular complexity index is 1270. The lowest BCUT2D eigenvalue weighted by Crippen LogP contribution is -2.48. The minimum Gasteiger partial charge on any atom is -0.465 e. The fourth-order valence-electron chi connectivity index (χ4n) is 5.01. The monoisotopic (exact) mass is 571 g/mol. The number of anilines is 1. The average Bonchev–Trinajstić information content (AvgIpc) is 2.93. The van der Waals surface area contributed by atoms with E-state index in [1.807, 2.05) is 36.4 Å². The molecule has 0 atom stereocenters. The number of rotatable bonds is 7. The molecular weight excluding hydrogens is 541 g/mol. The van der Waals surface area contributed by atoms with Gasteiger partial charge in [-0.2, -0.15) is 0 Å². The molecule has 0 radical (unpaired) electrons. The summed E-state index contributed by atoms with van der Waals surface area (Å²) in [7, 11) is 0. The first-order valence-corrected chi connectivity index (χ1v) is 13.8. The van der Waals surface area contributed by atoms with Crippen LogP contribution in [0.2, 0.25) is 10.0 Å². The minimum absolute atomic E-state index is 0.242. The Morgan fingerprint density at radius 1 is 0.974 bits per heavy atom. The topological polar surface area (TPSA) is 102 Å². The number of aromatic nitrogens is 2. The third kappa shape index (κ3) is 7.10. The summed E-state index contributed by atoms with van der Waals surface area (Å²) in [5, 5.41) is 19.7. The minimum atomic E-state index is -0.893. The number of hydrogen-bond donors (Lipinski definition) is 2. The lowest BCUT2D eigenvalue weighted by Gasteiger charge is -2.33. The molecule has 11 heteroatoms. The Balaban J connectivity index is 1.34. The molecule has 0 spiro atoms. The molecule has 0 saturated carbocycles. The number of benzene rings is 1. The zero-order chi connectivity index (χ0) is 27.4. The summed E-state index contributed by atoms with van der Waals surface area (Å²) >= 11 is 12.6. The molecule has 39 heavy (non-hydrogen) atoms. The second-order valence-corrected chi connectivity index (χ2v) is 10.8. The van der Waals surface area contributed by atoms with Crippen LogP contribution in [0.15, 0.2) is 48.7 Å². The van der Waals surface area contributed by atoms with Crippen LogP contribution in [0, 0.1) is 5.92 Å². The normalized spacial score (nSPS) is 16.9. The summed E-state index contributed by atoms with van der Waals surface area (Å²) in [5.41, 5.74) is 2.56. The first kappa shape index (κ1) is 27.5. The number of pyridine rings is 2. The molecule has 2 aromatic heterocycles. The smallest absolute Gasteiger partial charge is 0.407 e. The molecule has 2 aliphatic rings. The zero-order valence-corrected chi connectivity index (χ0v) is 23.0. The highest BCUT2D eigenvalue weighted by Crippen LogP contribution is 2.31. The first-order chi connectivity index (χ1) is 18.9. The summed E-state index contributed by atoms with van der Waals surface area (Å²) in [5.74, 6) is 2.13. The summed E-state index contributed by atoms with van der Waals surface area (Å²) in [6, 6.07) is 13.0. The third-order valence-electron chi connectivity index (χ3n) is 7.21. The van der Waals surface area contributed by atoms with Crippen molar-refractivity contribution in [3.8, 4) is 22.9 Å². The third-order valence-corrected chi connectivity index (χ3v) is 7.65. The van der Waals surface area contributed by atoms with E-state index >= 15 is 0 Å². The summed E-state index contributed by atoms with van der Waals surface area (Å²) in [4.78, 5) is 26.3. The Morgan fingerprint density at radius 3 is 2.31 bits per heavy atom. The average molecular weight is 572 g/mol. The van der Waals surface area contributed by atoms with Crippen molar-refractivity contribution in [3.05, 3.63) is 64.3 Å². The second kappa shape index (κ2) is 12.4. The van der Waals surface area contributed by atoms with Gasteiger partial charge in [-0.1, -0.05) is 23.2 Å². The molecule has 0 unspecified atom stereocenters. The van der Waals surface area contributed by atoms with Crippen molar-refractivity contribution in [2.45, 2.75) is 19.4 Å². The molecule has 2 aliphatic heterocycles. The second-order valence-electron chi connectivity index (χ2n) is 9.97. The zero-order valence-electron chi connectivity index (χ0n) is 21.5. The van der Waals surface area contributed by atoms with Gasteiger partial charge in [-0.05, 0) is 73.8 Å². The van der Waals surface area contributed by atoms with Crippen molar-refractivity contribution >= 4 is 35.1 Å². The highest BCUT2D eigenvalue weighted by molar-refractivity contribution is 6.35. The van der Waals surface area contributed by atoms with Crippen LogP contribution in [0.4, 0.5) is 10.6 Å². The fraction of sp³-hybridized carbons (Fsp3) is 0.393. The first-order valence-electron chi connectivity index (χ1n) is 13.0. The van der Waals surface area contributed by atoms with Gasteiger partial charge in [0.1, 0.15) is 11.6 Å². The SMILES string of the molecule is O=C(O)N1CCN(c2ccc(Oc3cc(CN4CCC(CO)CC4)cc(-c4cc(Cl)cc(Cl)c4)n3)cn2)CC1. The highest BCUT2D eigenvalue weighted by Gasteiger charge is 2.22. The standard InChI is InChI=1S/C28H31Cl2N5O4/c29-22-13-21(14-23(30)15-22)25-11-20(17-33-5-3-19(18-36)4-6-33)12-27(32-25)39-24-1-2-26(31-16-24)34-7-9-35(10-8-34)28(37)38/h1-2,11-16,19,36H,3-10,17-18H2,(H,37,38). The van der Waals surface area contributed by atoms with Gasteiger partial charge in [-0.15, -0.1) is 0 Å². The number of carboxylic acid groups (broad SMARTS) is 1. The number of piperazine rings is 1. The molecule has 5 rings (SSSR count). The van der Waals surface area contributed by atoms with Gasteiger partial charge in [-0.25, -0.2) is 14.8 Å². The van der Waals surface area contributed by atoms with Crippen molar-refractivity contribution in [3.63, 3.8) is 0 Å². The lowest BCUT2D eigenvalue weighted by atomic mass is 9.97. The van der Waals surface area contributed by atoms with Crippen LogP contribution in [-0.4, -0.2) is 81.9 Å². The van der Waals surface area contributed by atoms with Crippen LogP contribution in [0.3, 0.4) is 0 Å². The Labute approximate surface area is 237 Å². The molecule has 1 amide bonds. The Hall–Kier alpha value is -3.11. The molecule has 0 aliphatic carbocycles. The van der Waals surface area contributed by atoms with Gasteiger partial charge in [0.25, 0.3) is 0 Å². The van der Waals surface area contributed by atoms with Crippen LogP contribution in [-0.2, 0) is 6.54 Å². The van der Waals surface area contributed by atoms with E-state index in [9.17, 15) is 9.90 Å². The maximum atomic E-state index is 11.2. The number of aliphatic hydroxyl groups is 1. The maximum Gasteiger partial charge on any atom is 0.407 e. The number of hydrogen-bond acceptors (Lipinski definition) is 7. The number of halogens is 2. The van der Waals surface area contributed by atoms with Gasteiger partial charge in [0.05, 0.1) is 11.9 Å². The Morgan fingerprint density at radius 2 is 1.69 bits per heavy atom. The molecule has 206 valence electrons. The van der Waals surface area contributed by atoms with E-state index < -0.39 is 6.09 Å². The molecule has 2 fully saturated rings.